The topological polar surface area (TPSA) is 67.4 Å². The van der Waals surface area contributed by atoms with Crippen molar-refractivity contribution in [3.05, 3.63) is 24.3 Å². The van der Waals surface area contributed by atoms with E-state index in [2.05, 4.69) is 14.8 Å². The maximum atomic E-state index is 12.3. The molecule has 1 atom stereocenters. The van der Waals surface area contributed by atoms with Crippen LogP contribution in [0.3, 0.4) is 0 Å². The van der Waals surface area contributed by atoms with Crippen LogP contribution in [0.15, 0.2) is 24.3 Å². The largest absolute Gasteiger partial charge is 0.433 e. The second kappa shape index (κ2) is 8.14. The van der Waals surface area contributed by atoms with Gasteiger partial charge in [-0.25, -0.2) is 8.42 Å². The number of nitrogens with one attached hydrogen (secondary N) is 2. The Bertz CT molecular complexity index is 538. The number of halogens is 2. The van der Waals surface area contributed by atoms with Crippen molar-refractivity contribution in [2.24, 2.45) is 0 Å². The van der Waals surface area contributed by atoms with Crippen molar-refractivity contribution in [1.82, 2.24) is 5.32 Å². The summed E-state index contributed by atoms with van der Waals surface area (Å²) in [5, 5.41) is 2.30. The average Bonchev–Trinajstić information content (AvgIpc) is 2.40. The lowest BCUT2D eigenvalue weighted by atomic mass is 10.3. The van der Waals surface area contributed by atoms with E-state index in [0.29, 0.717) is 6.54 Å². The van der Waals surface area contributed by atoms with Crippen LogP contribution in [-0.2, 0) is 10.0 Å². The smallest absolute Gasteiger partial charge is 0.387 e. The van der Waals surface area contributed by atoms with Gasteiger partial charge in [0.15, 0.2) is 0 Å². The molecular formula is C13H20F2N2O3S. The van der Waals surface area contributed by atoms with Crippen LogP contribution < -0.4 is 14.8 Å². The lowest BCUT2D eigenvalue weighted by molar-refractivity contribution is -0.0493. The summed E-state index contributed by atoms with van der Waals surface area (Å²) in [6.45, 7) is 1.50. The molecule has 2 N–H and O–H groups in total. The van der Waals surface area contributed by atoms with Gasteiger partial charge in [0.25, 0.3) is 0 Å². The second-order valence-corrected chi connectivity index (χ2v) is 6.64. The normalized spacial score (nSPS) is 13.2. The summed E-state index contributed by atoms with van der Waals surface area (Å²) in [6.07, 6.45) is 0.894. The first-order valence-electron chi connectivity index (χ1n) is 6.63. The van der Waals surface area contributed by atoms with Crippen LogP contribution in [0.1, 0.15) is 20.3 Å². The molecule has 0 spiro atoms. The van der Waals surface area contributed by atoms with E-state index in [0.717, 1.165) is 6.42 Å². The van der Waals surface area contributed by atoms with Crippen LogP contribution in [0.2, 0.25) is 0 Å². The number of para-hydroxylation sites is 2. The summed E-state index contributed by atoms with van der Waals surface area (Å²) >= 11 is 0. The summed E-state index contributed by atoms with van der Waals surface area (Å²) in [6, 6.07) is 5.68. The molecule has 5 nitrogen and oxygen atoms in total. The number of alkyl halides is 2. The number of anilines is 1. The zero-order valence-electron chi connectivity index (χ0n) is 12.0. The molecule has 120 valence electrons. The maximum Gasteiger partial charge on any atom is 0.387 e. The third-order valence-corrected chi connectivity index (χ3v) is 4.47. The third kappa shape index (κ3) is 5.84. The van der Waals surface area contributed by atoms with Crippen molar-refractivity contribution in [2.45, 2.75) is 32.1 Å². The van der Waals surface area contributed by atoms with Crippen molar-refractivity contribution >= 4 is 15.7 Å². The Kier molecular flexibility index (Phi) is 6.83. The van der Waals surface area contributed by atoms with Crippen LogP contribution in [0.5, 0.6) is 5.75 Å². The van der Waals surface area contributed by atoms with Gasteiger partial charge < -0.3 is 10.1 Å². The number of ether oxygens (including phenoxy) is 1. The highest BCUT2D eigenvalue weighted by Crippen LogP contribution is 2.27. The molecular weight excluding hydrogens is 302 g/mol. The van der Waals surface area contributed by atoms with Gasteiger partial charge in [-0.05, 0) is 32.0 Å². The van der Waals surface area contributed by atoms with E-state index in [9.17, 15) is 17.2 Å². The molecule has 0 radical (unpaired) electrons. The molecule has 0 bridgehead atoms. The lowest BCUT2D eigenvalue weighted by Crippen LogP contribution is -2.35. The molecule has 1 unspecified atom stereocenters. The van der Waals surface area contributed by atoms with Gasteiger partial charge in [0.05, 0.1) is 10.9 Å². The molecule has 0 aliphatic carbocycles. The van der Waals surface area contributed by atoms with E-state index in [-0.39, 0.29) is 18.0 Å². The van der Waals surface area contributed by atoms with Crippen LogP contribution in [0, 0.1) is 0 Å². The van der Waals surface area contributed by atoms with Crippen LogP contribution >= 0.6 is 0 Å². The van der Waals surface area contributed by atoms with Crippen molar-refractivity contribution in [3.8, 4) is 5.75 Å². The first-order chi connectivity index (χ1) is 9.86. The summed E-state index contributed by atoms with van der Waals surface area (Å²) < 4.78 is 55.4. The first kappa shape index (κ1) is 17.6. The Morgan fingerprint density at radius 1 is 1.29 bits per heavy atom. The van der Waals surface area contributed by atoms with Gasteiger partial charge in [-0.1, -0.05) is 19.1 Å². The molecule has 1 aromatic carbocycles. The van der Waals surface area contributed by atoms with Crippen molar-refractivity contribution < 1.29 is 21.9 Å². The molecule has 0 saturated heterocycles. The Balaban J connectivity index is 2.79. The standard InChI is InChI=1S/C13H20F2N2O3S/c1-3-8-16-9-10(2)21(18,19)17-11-6-4-5-7-12(11)20-13(14)15/h4-7,10,13,16-17H,3,8-9H2,1-2H3. The fourth-order valence-corrected chi connectivity index (χ4v) is 2.61. The second-order valence-electron chi connectivity index (χ2n) is 4.54. The summed E-state index contributed by atoms with van der Waals surface area (Å²) in [4.78, 5) is 0. The molecule has 0 fully saturated rings. The molecule has 8 heteroatoms. The zero-order chi connectivity index (χ0) is 15.9. The average molecular weight is 322 g/mol. The minimum atomic E-state index is -3.69. The summed E-state index contributed by atoms with van der Waals surface area (Å²) in [5.74, 6) is -0.204. The Morgan fingerprint density at radius 2 is 1.95 bits per heavy atom. The predicted molar refractivity (Wildman–Crippen MR) is 78.2 cm³/mol. The van der Waals surface area contributed by atoms with Gasteiger partial charge in [-0.3, -0.25) is 4.72 Å². The molecule has 1 rings (SSSR count). The van der Waals surface area contributed by atoms with Gasteiger partial charge >= 0.3 is 6.61 Å². The minimum absolute atomic E-state index is 0.000131. The summed E-state index contributed by atoms with van der Waals surface area (Å²) in [7, 11) is -3.69. The van der Waals surface area contributed by atoms with Gasteiger partial charge in [0.2, 0.25) is 10.0 Å². The molecule has 1 aromatic rings. The number of benzene rings is 1. The summed E-state index contributed by atoms with van der Waals surface area (Å²) in [5.41, 5.74) is 0.000131. The van der Waals surface area contributed by atoms with E-state index < -0.39 is 21.9 Å². The third-order valence-electron chi connectivity index (χ3n) is 2.74. The first-order valence-corrected chi connectivity index (χ1v) is 8.17. The number of hydrogen-bond acceptors (Lipinski definition) is 4. The molecule has 0 aliphatic heterocycles. The van der Waals surface area contributed by atoms with Crippen molar-refractivity contribution in [1.29, 1.82) is 0 Å². The lowest BCUT2D eigenvalue weighted by Gasteiger charge is -2.17. The van der Waals surface area contributed by atoms with E-state index in [4.69, 9.17) is 0 Å². The van der Waals surface area contributed by atoms with Gasteiger partial charge in [0, 0.05) is 6.54 Å². The Hall–Kier alpha value is -1.41. The molecule has 0 heterocycles. The molecule has 0 saturated carbocycles. The highest BCUT2D eigenvalue weighted by Gasteiger charge is 2.22. The highest BCUT2D eigenvalue weighted by molar-refractivity contribution is 7.93. The number of sulfonamides is 1. The number of rotatable bonds is 9. The van der Waals surface area contributed by atoms with Gasteiger partial charge in [-0.2, -0.15) is 8.78 Å². The Labute approximate surface area is 123 Å². The molecule has 0 amide bonds. The fourth-order valence-electron chi connectivity index (χ4n) is 1.60. The molecule has 21 heavy (non-hydrogen) atoms. The van der Waals surface area contributed by atoms with E-state index >= 15 is 0 Å². The van der Waals surface area contributed by atoms with Crippen LogP contribution in [-0.4, -0.2) is 33.4 Å². The van der Waals surface area contributed by atoms with Crippen molar-refractivity contribution in [3.63, 3.8) is 0 Å². The SMILES string of the molecule is CCCNCC(C)S(=O)(=O)Nc1ccccc1OC(F)F. The van der Waals surface area contributed by atoms with E-state index in [1.807, 2.05) is 6.92 Å². The number of hydrogen-bond donors (Lipinski definition) is 2. The van der Waals surface area contributed by atoms with E-state index in [1.54, 1.807) is 6.92 Å². The van der Waals surface area contributed by atoms with Gasteiger partial charge in [-0.15, -0.1) is 0 Å². The maximum absolute atomic E-state index is 12.3. The van der Waals surface area contributed by atoms with Crippen LogP contribution in [0.25, 0.3) is 0 Å². The van der Waals surface area contributed by atoms with Crippen LogP contribution in [0.4, 0.5) is 14.5 Å². The van der Waals surface area contributed by atoms with E-state index in [1.165, 1.54) is 24.3 Å². The van der Waals surface area contributed by atoms with Gasteiger partial charge in [0.1, 0.15) is 5.75 Å². The quantitative estimate of drug-likeness (QED) is 0.685. The zero-order valence-corrected chi connectivity index (χ0v) is 12.8. The van der Waals surface area contributed by atoms with Crippen molar-refractivity contribution in [2.75, 3.05) is 17.8 Å². The predicted octanol–water partition coefficient (Wildman–Crippen LogP) is 2.42. The molecule has 0 aliphatic rings. The molecule has 0 aromatic heterocycles. The monoisotopic (exact) mass is 322 g/mol. The fraction of sp³-hybridized carbons (Fsp3) is 0.538. The Morgan fingerprint density at radius 3 is 2.57 bits per heavy atom. The highest BCUT2D eigenvalue weighted by atomic mass is 32.2. The minimum Gasteiger partial charge on any atom is -0.433 e.